The number of likely N-dealkylation sites (N-methyl/N-ethyl adjacent to an activating group) is 2. The summed E-state index contributed by atoms with van der Waals surface area (Å²) in [4.78, 5) is 69.3. The normalized spacial score (nSPS) is 14.5. The number of carbonyl (C=O) groups is 5. The summed E-state index contributed by atoms with van der Waals surface area (Å²) < 4.78 is 71.2. The van der Waals surface area contributed by atoms with Gasteiger partial charge in [-0.2, -0.15) is 13.2 Å². The summed E-state index contributed by atoms with van der Waals surface area (Å²) in [6.07, 6.45) is -4.39. The Morgan fingerprint density at radius 1 is 0.828 bits per heavy atom. The van der Waals surface area contributed by atoms with Crippen molar-refractivity contribution >= 4 is 45.4 Å². The lowest BCUT2D eigenvalue weighted by molar-refractivity contribution is -0.167. The third-order valence-corrected chi connectivity index (χ3v) is 10.5. The minimum absolute atomic E-state index is 0.0351. The van der Waals surface area contributed by atoms with Crippen LogP contribution in [0.5, 0.6) is 0 Å². The van der Waals surface area contributed by atoms with E-state index in [1.807, 2.05) is 48.9 Å². The average Bonchev–Trinajstić information content (AvgIpc) is 3.07. The molecule has 0 aliphatic carbocycles. The predicted molar refractivity (Wildman–Crippen MR) is 216 cm³/mol. The first-order valence-corrected chi connectivity index (χ1v) is 20.2. The van der Waals surface area contributed by atoms with Crippen LogP contribution in [0.2, 0.25) is 0 Å². The molecule has 3 unspecified atom stereocenters. The van der Waals surface area contributed by atoms with Gasteiger partial charge in [0.05, 0.1) is 11.8 Å². The summed E-state index contributed by atoms with van der Waals surface area (Å²) in [5, 5.41) is 4.59. The lowest BCUT2D eigenvalue weighted by atomic mass is 9.76. The number of hydrogen-bond donors (Lipinski definition) is 3. The minimum atomic E-state index is -5.11. The van der Waals surface area contributed by atoms with Crippen LogP contribution in [0.4, 0.5) is 23.7 Å². The molecular weight excluding hydrogens is 780 g/mol. The number of hydrogen-bond acceptors (Lipinski definition) is 8. The van der Waals surface area contributed by atoms with Gasteiger partial charge in [-0.3, -0.25) is 24.1 Å². The van der Waals surface area contributed by atoms with Crippen LogP contribution in [0.15, 0.2) is 66.2 Å². The highest BCUT2D eigenvalue weighted by molar-refractivity contribution is 7.89. The molecule has 5 amide bonds. The van der Waals surface area contributed by atoms with Gasteiger partial charge in [-0.1, -0.05) is 97.0 Å². The lowest BCUT2D eigenvalue weighted by Crippen LogP contribution is -2.63. The van der Waals surface area contributed by atoms with Crippen molar-refractivity contribution in [3.63, 3.8) is 0 Å². The quantitative estimate of drug-likeness (QED) is 0.186. The molecule has 17 heteroatoms. The standard InChI is InChI=1S/C41H58F3N5O8S/c1-25(2)30(23-26(3)33(50)47-58(55,56)24-27-19-21-29(22-20-27)45-36(53)41(42,43)44)48(12)35(52)31(38(4,5)6)46-34(51)32(49(13)37(54)57-39(7,8)9)40(10,11)28-17-15-14-16-18-28/h14-23,25,30-32H,24H2,1-13H3,(H,45,53)(H,46,51)(H,47,50). The van der Waals surface area contributed by atoms with Gasteiger partial charge in [-0.15, -0.1) is 0 Å². The Labute approximate surface area is 340 Å². The topological polar surface area (TPSA) is 171 Å². The van der Waals surface area contributed by atoms with Crippen molar-refractivity contribution in [1.82, 2.24) is 19.8 Å². The second-order valence-corrected chi connectivity index (χ2v) is 19.0. The SMILES string of the molecule is CC(=CC(C(C)C)N(C)C(=O)C(NC(=O)C(N(C)C(=O)OC(C)(C)C)C(C)(C)c1ccccc1)C(C)(C)C)C(=O)NS(=O)(=O)Cc1ccc(NC(=O)C(F)(F)F)cc1. The number of carbonyl (C=O) groups excluding carboxylic acids is 5. The Balaban J connectivity index is 2.38. The highest BCUT2D eigenvalue weighted by Gasteiger charge is 2.46. The number of sulfonamides is 1. The van der Waals surface area contributed by atoms with Gasteiger partial charge in [0.1, 0.15) is 17.7 Å². The molecule has 3 atom stereocenters. The van der Waals surface area contributed by atoms with Gasteiger partial charge in [0.25, 0.3) is 5.91 Å². The molecule has 2 rings (SSSR count). The van der Waals surface area contributed by atoms with E-state index in [0.717, 1.165) is 17.7 Å². The molecule has 0 radical (unpaired) electrons. The Hall–Kier alpha value is -4.93. The average molecular weight is 838 g/mol. The first kappa shape index (κ1) is 49.2. The maximum atomic E-state index is 14.5. The van der Waals surface area contributed by atoms with Crippen LogP contribution in [-0.2, 0) is 45.1 Å². The van der Waals surface area contributed by atoms with Gasteiger partial charge in [-0.05, 0) is 62.3 Å². The van der Waals surface area contributed by atoms with Crippen molar-refractivity contribution in [3.05, 3.63) is 77.4 Å². The van der Waals surface area contributed by atoms with E-state index < -0.39 is 86.2 Å². The second kappa shape index (κ2) is 18.8. The zero-order valence-corrected chi connectivity index (χ0v) is 36.3. The molecule has 0 fully saturated rings. The van der Waals surface area contributed by atoms with E-state index in [-0.39, 0.29) is 22.7 Å². The van der Waals surface area contributed by atoms with Gasteiger partial charge < -0.3 is 20.3 Å². The Bertz CT molecular complexity index is 1940. The van der Waals surface area contributed by atoms with E-state index in [2.05, 4.69) is 5.32 Å². The molecule has 0 spiro atoms. The van der Waals surface area contributed by atoms with Crippen LogP contribution in [0.3, 0.4) is 0 Å². The van der Waals surface area contributed by atoms with Crippen molar-refractivity contribution in [2.45, 2.75) is 117 Å². The molecule has 0 bridgehead atoms. The number of nitrogens with zero attached hydrogens (tertiary/aromatic N) is 2. The van der Waals surface area contributed by atoms with Crippen LogP contribution in [0, 0.1) is 11.3 Å². The van der Waals surface area contributed by atoms with Crippen LogP contribution >= 0.6 is 0 Å². The monoisotopic (exact) mass is 837 g/mol. The largest absolute Gasteiger partial charge is 0.471 e. The summed E-state index contributed by atoms with van der Waals surface area (Å²) in [5.41, 5.74) is -2.04. The number of alkyl halides is 3. The number of nitrogens with one attached hydrogen (secondary N) is 3. The van der Waals surface area contributed by atoms with E-state index in [0.29, 0.717) is 0 Å². The molecule has 0 aliphatic heterocycles. The number of amides is 5. The number of anilines is 1. The summed E-state index contributed by atoms with van der Waals surface area (Å²) in [7, 11) is -1.34. The molecule has 322 valence electrons. The zero-order valence-electron chi connectivity index (χ0n) is 35.5. The van der Waals surface area contributed by atoms with Gasteiger partial charge in [0.2, 0.25) is 21.8 Å². The Kier molecular flexibility index (Phi) is 15.9. The first-order chi connectivity index (χ1) is 26.3. The van der Waals surface area contributed by atoms with Crippen molar-refractivity contribution in [2.75, 3.05) is 19.4 Å². The summed E-state index contributed by atoms with van der Waals surface area (Å²) in [6, 6.07) is 10.7. The van der Waals surface area contributed by atoms with Crippen molar-refractivity contribution in [2.24, 2.45) is 11.3 Å². The van der Waals surface area contributed by atoms with E-state index >= 15 is 0 Å². The van der Waals surface area contributed by atoms with Crippen LogP contribution < -0.4 is 15.4 Å². The number of ether oxygens (including phenoxy) is 1. The van der Waals surface area contributed by atoms with Crippen LogP contribution in [0.25, 0.3) is 0 Å². The van der Waals surface area contributed by atoms with Gasteiger partial charge in [0.15, 0.2) is 0 Å². The number of halogens is 3. The third-order valence-electron chi connectivity index (χ3n) is 9.25. The highest BCUT2D eigenvalue weighted by Crippen LogP contribution is 2.32. The second-order valence-electron chi connectivity index (χ2n) is 17.3. The van der Waals surface area contributed by atoms with E-state index in [1.165, 1.54) is 49.0 Å². The van der Waals surface area contributed by atoms with Gasteiger partial charge in [-0.25, -0.2) is 17.9 Å². The molecule has 0 saturated carbocycles. The third kappa shape index (κ3) is 13.9. The first-order valence-electron chi connectivity index (χ1n) is 18.6. The molecule has 13 nitrogen and oxygen atoms in total. The van der Waals surface area contributed by atoms with E-state index in [4.69, 9.17) is 4.74 Å². The Morgan fingerprint density at radius 2 is 1.36 bits per heavy atom. The van der Waals surface area contributed by atoms with Gasteiger partial charge >= 0.3 is 18.2 Å². The van der Waals surface area contributed by atoms with Crippen LogP contribution in [-0.4, -0.2) is 91.9 Å². The van der Waals surface area contributed by atoms with E-state index in [9.17, 15) is 45.6 Å². The predicted octanol–water partition coefficient (Wildman–Crippen LogP) is 6.31. The van der Waals surface area contributed by atoms with Crippen molar-refractivity contribution in [1.29, 1.82) is 0 Å². The summed E-state index contributed by atoms with van der Waals surface area (Å²) in [6.45, 7) is 19.1. The van der Waals surface area contributed by atoms with Crippen molar-refractivity contribution < 1.29 is 50.3 Å². The number of benzene rings is 2. The molecule has 2 aromatic rings. The Morgan fingerprint density at radius 3 is 1.83 bits per heavy atom. The lowest BCUT2D eigenvalue weighted by Gasteiger charge is -2.42. The smallest absolute Gasteiger partial charge is 0.444 e. The maximum absolute atomic E-state index is 14.5. The zero-order chi connectivity index (χ0) is 44.8. The summed E-state index contributed by atoms with van der Waals surface area (Å²) in [5.74, 6) is -5.29. The fourth-order valence-electron chi connectivity index (χ4n) is 6.12. The molecule has 3 N–H and O–H groups in total. The van der Waals surface area contributed by atoms with E-state index in [1.54, 1.807) is 60.7 Å². The highest BCUT2D eigenvalue weighted by atomic mass is 32.2. The maximum Gasteiger partial charge on any atom is 0.471 e. The van der Waals surface area contributed by atoms with Crippen molar-refractivity contribution in [3.8, 4) is 0 Å². The molecular formula is C41H58F3N5O8S. The van der Waals surface area contributed by atoms with Gasteiger partial charge in [0, 0.05) is 30.8 Å². The molecule has 58 heavy (non-hydrogen) atoms. The van der Waals surface area contributed by atoms with Crippen LogP contribution in [0.1, 0.15) is 87.3 Å². The number of rotatable bonds is 14. The molecule has 0 heterocycles. The molecule has 0 aromatic heterocycles. The fraction of sp³-hybridized carbons (Fsp3) is 0.537. The summed E-state index contributed by atoms with van der Waals surface area (Å²) >= 11 is 0. The molecule has 0 aliphatic rings. The fourth-order valence-corrected chi connectivity index (χ4v) is 7.27. The molecule has 2 aromatic carbocycles. The minimum Gasteiger partial charge on any atom is -0.444 e. The molecule has 0 saturated heterocycles.